The van der Waals surface area contributed by atoms with Gasteiger partial charge in [0.25, 0.3) is 0 Å². The maximum atomic E-state index is 12.3. The molecule has 3 rings (SSSR count). The topological polar surface area (TPSA) is 60.5 Å². The highest BCUT2D eigenvalue weighted by Crippen LogP contribution is 2.29. The number of rotatable bonds is 8. The van der Waals surface area contributed by atoms with Crippen molar-refractivity contribution in [2.45, 2.75) is 13.3 Å². The summed E-state index contributed by atoms with van der Waals surface area (Å²) in [7, 11) is 1.60. The molecule has 2 aromatic carbocycles. The molecule has 0 fully saturated rings. The number of anilines is 1. The molecule has 0 aliphatic carbocycles. The van der Waals surface area contributed by atoms with E-state index < -0.39 is 0 Å². The Balaban J connectivity index is 1.64. The third-order valence-electron chi connectivity index (χ3n) is 3.93. The van der Waals surface area contributed by atoms with Gasteiger partial charge in [-0.1, -0.05) is 41.1 Å². The Labute approximate surface area is 182 Å². The fourth-order valence-electron chi connectivity index (χ4n) is 2.55. The number of carbonyl (C=O) groups is 1. The quantitative estimate of drug-likeness (QED) is 0.407. The zero-order chi connectivity index (χ0) is 20.6. The number of halogens is 1. The van der Waals surface area contributed by atoms with Gasteiger partial charge in [0.05, 0.1) is 19.4 Å². The van der Waals surface area contributed by atoms with E-state index in [4.69, 9.17) is 9.47 Å². The van der Waals surface area contributed by atoms with Crippen LogP contribution in [0.1, 0.15) is 18.9 Å². The molecule has 0 saturated heterocycles. The Kier molecular flexibility index (Phi) is 7.43. The predicted octanol–water partition coefficient (Wildman–Crippen LogP) is 6.02. The summed E-state index contributed by atoms with van der Waals surface area (Å²) in [5.41, 5.74) is 2.65. The summed E-state index contributed by atoms with van der Waals surface area (Å²) in [6, 6.07) is 13.4. The van der Waals surface area contributed by atoms with Crippen LogP contribution in [0.3, 0.4) is 0 Å². The highest BCUT2D eigenvalue weighted by atomic mass is 79.9. The molecule has 0 spiro atoms. The van der Waals surface area contributed by atoms with Gasteiger partial charge in [0, 0.05) is 21.5 Å². The standard InChI is InChI=1S/C22H21BrN2O3S/c1-3-11-28-19-9-7-15(12-20(19)27-2)8-10-21(26)25-22-24-18(14-29-22)16-5-4-6-17(23)13-16/h4-10,12-14H,3,11H2,1-2H3,(H,24,25,26). The van der Waals surface area contributed by atoms with E-state index in [-0.39, 0.29) is 5.91 Å². The Morgan fingerprint density at radius 1 is 1.24 bits per heavy atom. The first-order chi connectivity index (χ1) is 14.1. The van der Waals surface area contributed by atoms with Gasteiger partial charge in [0.1, 0.15) is 0 Å². The average molecular weight is 473 g/mol. The van der Waals surface area contributed by atoms with E-state index in [1.165, 1.54) is 17.4 Å². The number of carbonyl (C=O) groups excluding carboxylic acids is 1. The van der Waals surface area contributed by atoms with Gasteiger partial charge in [-0.3, -0.25) is 10.1 Å². The van der Waals surface area contributed by atoms with Gasteiger partial charge in [0.15, 0.2) is 16.6 Å². The number of hydrogen-bond acceptors (Lipinski definition) is 5. The molecule has 1 N–H and O–H groups in total. The minimum Gasteiger partial charge on any atom is -0.493 e. The number of hydrogen-bond donors (Lipinski definition) is 1. The van der Waals surface area contributed by atoms with Crippen molar-refractivity contribution >= 4 is 44.4 Å². The Hall–Kier alpha value is -2.64. The number of nitrogens with zero attached hydrogens (tertiary/aromatic N) is 1. The fourth-order valence-corrected chi connectivity index (χ4v) is 3.67. The van der Waals surface area contributed by atoms with Crippen molar-refractivity contribution in [1.82, 2.24) is 4.98 Å². The summed E-state index contributed by atoms with van der Waals surface area (Å²) in [5, 5.41) is 5.27. The van der Waals surface area contributed by atoms with Gasteiger partial charge in [0.2, 0.25) is 5.91 Å². The van der Waals surface area contributed by atoms with Crippen molar-refractivity contribution in [3.63, 3.8) is 0 Å². The van der Waals surface area contributed by atoms with Gasteiger partial charge in [-0.25, -0.2) is 4.98 Å². The lowest BCUT2D eigenvalue weighted by Gasteiger charge is -2.10. The van der Waals surface area contributed by atoms with Crippen molar-refractivity contribution in [2.75, 3.05) is 19.0 Å². The molecule has 0 atom stereocenters. The minimum atomic E-state index is -0.245. The highest BCUT2D eigenvalue weighted by molar-refractivity contribution is 9.10. The molecule has 0 saturated carbocycles. The van der Waals surface area contributed by atoms with Crippen LogP contribution in [-0.4, -0.2) is 24.6 Å². The van der Waals surface area contributed by atoms with E-state index in [0.29, 0.717) is 23.2 Å². The van der Waals surface area contributed by atoms with E-state index >= 15 is 0 Å². The summed E-state index contributed by atoms with van der Waals surface area (Å²) in [6.45, 7) is 2.68. The number of ether oxygens (including phenoxy) is 2. The Morgan fingerprint density at radius 3 is 2.86 bits per heavy atom. The zero-order valence-electron chi connectivity index (χ0n) is 16.1. The van der Waals surface area contributed by atoms with Crippen LogP contribution in [0.2, 0.25) is 0 Å². The average Bonchev–Trinajstić information content (AvgIpc) is 3.19. The van der Waals surface area contributed by atoms with Crippen LogP contribution in [0.5, 0.6) is 11.5 Å². The molecule has 0 unspecified atom stereocenters. The van der Waals surface area contributed by atoms with Gasteiger partial charge in [-0.05, 0) is 42.3 Å². The SMILES string of the molecule is CCCOc1ccc(C=CC(=O)Nc2nc(-c3cccc(Br)c3)cs2)cc1OC. The molecule has 0 aliphatic heterocycles. The van der Waals surface area contributed by atoms with Crippen molar-refractivity contribution in [3.05, 3.63) is 64.0 Å². The molecule has 3 aromatic rings. The lowest BCUT2D eigenvalue weighted by Crippen LogP contribution is -2.07. The molecule has 0 aliphatic rings. The second kappa shape index (κ2) is 10.2. The monoisotopic (exact) mass is 472 g/mol. The molecular weight excluding hydrogens is 452 g/mol. The van der Waals surface area contributed by atoms with Crippen molar-refractivity contribution < 1.29 is 14.3 Å². The van der Waals surface area contributed by atoms with Crippen LogP contribution in [0.25, 0.3) is 17.3 Å². The predicted molar refractivity (Wildman–Crippen MR) is 122 cm³/mol. The van der Waals surface area contributed by atoms with Gasteiger partial charge < -0.3 is 9.47 Å². The van der Waals surface area contributed by atoms with Crippen molar-refractivity contribution in [1.29, 1.82) is 0 Å². The van der Waals surface area contributed by atoms with E-state index in [1.54, 1.807) is 13.2 Å². The van der Waals surface area contributed by atoms with E-state index in [2.05, 4.69) is 26.2 Å². The van der Waals surface area contributed by atoms with Crippen LogP contribution < -0.4 is 14.8 Å². The van der Waals surface area contributed by atoms with Crippen LogP contribution in [0.15, 0.2) is 58.4 Å². The minimum absolute atomic E-state index is 0.245. The first-order valence-corrected chi connectivity index (χ1v) is 10.8. The second-order valence-electron chi connectivity index (χ2n) is 6.13. The van der Waals surface area contributed by atoms with E-state index in [9.17, 15) is 4.79 Å². The van der Waals surface area contributed by atoms with E-state index in [1.807, 2.05) is 54.8 Å². The molecule has 29 heavy (non-hydrogen) atoms. The summed E-state index contributed by atoms with van der Waals surface area (Å²) in [5.74, 6) is 1.09. The number of benzene rings is 2. The van der Waals surface area contributed by atoms with Crippen LogP contribution in [-0.2, 0) is 4.79 Å². The normalized spacial score (nSPS) is 10.9. The first kappa shape index (κ1) is 21.1. The third-order valence-corrected chi connectivity index (χ3v) is 5.18. The van der Waals surface area contributed by atoms with Crippen molar-refractivity contribution in [3.8, 4) is 22.8 Å². The summed E-state index contributed by atoms with van der Waals surface area (Å²) >= 11 is 4.84. The Bertz CT molecular complexity index is 1020. The van der Waals surface area contributed by atoms with Crippen LogP contribution >= 0.6 is 27.3 Å². The maximum Gasteiger partial charge on any atom is 0.250 e. The first-order valence-electron chi connectivity index (χ1n) is 9.10. The zero-order valence-corrected chi connectivity index (χ0v) is 18.5. The number of aromatic nitrogens is 1. The van der Waals surface area contributed by atoms with Gasteiger partial charge >= 0.3 is 0 Å². The molecule has 0 bridgehead atoms. The molecule has 1 aromatic heterocycles. The molecule has 150 valence electrons. The number of thiazole rings is 1. The summed E-state index contributed by atoms with van der Waals surface area (Å²) in [6.07, 6.45) is 4.12. The highest BCUT2D eigenvalue weighted by Gasteiger charge is 2.08. The molecular formula is C22H21BrN2O3S. The van der Waals surface area contributed by atoms with Crippen molar-refractivity contribution in [2.24, 2.45) is 0 Å². The number of methoxy groups -OCH3 is 1. The smallest absolute Gasteiger partial charge is 0.250 e. The molecule has 0 radical (unpaired) electrons. The summed E-state index contributed by atoms with van der Waals surface area (Å²) < 4.78 is 12.0. The Morgan fingerprint density at radius 2 is 2.10 bits per heavy atom. The second-order valence-corrected chi connectivity index (χ2v) is 7.90. The fraction of sp³-hybridized carbons (Fsp3) is 0.182. The molecule has 7 heteroatoms. The molecule has 1 heterocycles. The van der Waals surface area contributed by atoms with Crippen LogP contribution in [0, 0.1) is 0 Å². The largest absolute Gasteiger partial charge is 0.493 e. The van der Waals surface area contributed by atoms with Crippen LogP contribution in [0.4, 0.5) is 5.13 Å². The lowest BCUT2D eigenvalue weighted by molar-refractivity contribution is -0.111. The van der Waals surface area contributed by atoms with Gasteiger partial charge in [-0.15, -0.1) is 11.3 Å². The number of amides is 1. The molecule has 1 amide bonds. The number of nitrogens with one attached hydrogen (secondary N) is 1. The van der Waals surface area contributed by atoms with Gasteiger partial charge in [-0.2, -0.15) is 0 Å². The summed E-state index contributed by atoms with van der Waals surface area (Å²) in [4.78, 5) is 16.7. The lowest BCUT2D eigenvalue weighted by atomic mass is 10.2. The maximum absolute atomic E-state index is 12.3. The molecule has 5 nitrogen and oxygen atoms in total. The third kappa shape index (κ3) is 5.92. The van der Waals surface area contributed by atoms with E-state index in [0.717, 1.165) is 27.7 Å².